The molecule has 130 valence electrons. The zero-order valence-corrected chi connectivity index (χ0v) is 15.1. The molecular formula is C16H28N4O2S. The molecule has 2 aliphatic heterocycles. The van der Waals surface area contributed by atoms with Gasteiger partial charge in [0.2, 0.25) is 10.0 Å². The third kappa shape index (κ3) is 3.32. The molecule has 0 N–H and O–H groups in total. The molecule has 1 aromatic heterocycles. The zero-order chi connectivity index (χ0) is 16.6. The van der Waals surface area contributed by atoms with Gasteiger partial charge in [0.1, 0.15) is 0 Å². The van der Waals surface area contributed by atoms with E-state index in [-0.39, 0.29) is 5.75 Å². The molecule has 0 spiro atoms. The normalized spacial score (nSPS) is 30.0. The van der Waals surface area contributed by atoms with E-state index in [1.165, 1.54) is 0 Å². The highest BCUT2D eigenvalue weighted by Gasteiger charge is 2.46. The molecule has 2 aliphatic rings. The fourth-order valence-corrected chi connectivity index (χ4v) is 5.55. The summed E-state index contributed by atoms with van der Waals surface area (Å²) in [4.78, 5) is 2.60. The molecule has 0 aliphatic carbocycles. The predicted octanol–water partition coefficient (Wildman–Crippen LogP) is 1.41. The van der Waals surface area contributed by atoms with Gasteiger partial charge in [-0.3, -0.25) is 9.58 Å². The van der Waals surface area contributed by atoms with Crippen molar-refractivity contribution < 1.29 is 8.42 Å². The van der Waals surface area contributed by atoms with Crippen LogP contribution < -0.4 is 0 Å². The number of aromatic nitrogens is 2. The quantitative estimate of drug-likeness (QED) is 0.813. The summed E-state index contributed by atoms with van der Waals surface area (Å²) in [6.45, 7) is 8.45. The van der Waals surface area contributed by atoms with Crippen LogP contribution in [0.4, 0.5) is 0 Å². The Hall–Kier alpha value is -0.920. The number of piperidine rings is 1. The summed E-state index contributed by atoms with van der Waals surface area (Å²) in [6.07, 6.45) is 5.82. The largest absolute Gasteiger partial charge is 0.293 e. The Morgan fingerprint density at radius 2 is 2.13 bits per heavy atom. The van der Waals surface area contributed by atoms with Crippen LogP contribution in [0, 0.1) is 5.92 Å². The summed E-state index contributed by atoms with van der Waals surface area (Å²) < 4.78 is 28.1. The molecule has 0 amide bonds. The summed E-state index contributed by atoms with van der Waals surface area (Å²) in [5.74, 6) is 0.641. The first-order valence-corrected chi connectivity index (χ1v) is 10.3. The van der Waals surface area contributed by atoms with E-state index in [2.05, 4.69) is 23.8 Å². The van der Waals surface area contributed by atoms with Crippen molar-refractivity contribution in [2.24, 2.45) is 5.92 Å². The number of rotatable bonds is 5. The second-order valence-electron chi connectivity index (χ2n) is 7.03. The van der Waals surface area contributed by atoms with Gasteiger partial charge in [0.15, 0.2) is 0 Å². The Kier molecular flexibility index (Phi) is 4.80. The minimum Gasteiger partial charge on any atom is -0.293 e. The number of fused-ring (bicyclic) bond motifs is 1. The Bertz CT molecular complexity index is 614. The van der Waals surface area contributed by atoms with Crippen molar-refractivity contribution >= 4 is 10.0 Å². The van der Waals surface area contributed by atoms with E-state index in [9.17, 15) is 8.42 Å². The molecular weight excluding hydrogens is 312 g/mol. The minimum absolute atomic E-state index is 0.203. The summed E-state index contributed by atoms with van der Waals surface area (Å²) >= 11 is 0. The summed E-state index contributed by atoms with van der Waals surface area (Å²) in [6, 6.07) is 3.37. The third-order valence-corrected chi connectivity index (χ3v) is 7.20. The van der Waals surface area contributed by atoms with Gasteiger partial charge in [-0.25, -0.2) is 12.7 Å². The molecule has 3 rings (SSSR count). The van der Waals surface area contributed by atoms with Gasteiger partial charge in [0.25, 0.3) is 0 Å². The van der Waals surface area contributed by atoms with Gasteiger partial charge in [-0.15, -0.1) is 0 Å². The van der Waals surface area contributed by atoms with E-state index in [0.29, 0.717) is 37.1 Å². The van der Waals surface area contributed by atoms with Crippen LogP contribution in [0.15, 0.2) is 18.5 Å². The first-order chi connectivity index (χ1) is 10.9. The molecule has 2 fully saturated rings. The van der Waals surface area contributed by atoms with Gasteiger partial charge in [-0.2, -0.15) is 5.10 Å². The highest BCUT2D eigenvalue weighted by atomic mass is 32.2. The van der Waals surface area contributed by atoms with Crippen molar-refractivity contribution in [1.82, 2.24) is 19.0 Å². The SMILES string of the molecule is CCS(=O)(=O)N1CC[C@@H]2[C@@H](C[C@H](Cn3cccn3)N2C(C)C)C1. The van der Waals surface area contributed by atoms with Crippen molar-refractivity contribution in [3.63, 3.8) is 0 Å². The average Bonchev–Trinajstić information content (AvgIpc) is 3.13. The molecule has 0 unspecified atom stereocenters. The summed E-state index contributed by atoms with van der Waals surface area (Å²) in [5.41, 5.74) is 0. The summed E-state index contributed by atoms with van der Waals surface area (Å²) in [7, 11) is -3.07. The lowest BCUT2D eigenvalue weighted by atomic mass is 9.93. The Morgan fingerprint density at radius 1 is 1.35 bits per heavy atom. The van der Waals surface area contributed by atoms with Crippen LogP contribution in [-0.4, -0.2) is 64.4 Å². The van der Waals surface area contributed by atoms with Crippen LogP contribution >= 0.6 is 0 Å². The molecule has 3 heterocycles. The van der Waals surface area contributed by atoms with Crippen molar-refractivity contribution in [2.75, 3.05) is 18.8 Å². The first-order valence-electron chi connectivity index (χ1n) is 8.65. The molecule has 2 saturated heterocycles. The Morgan fingerprint density at radius 3 is 2.74 bits per heavy atom. The van der Waals surface area contributed by atoms with E-state index in [1.807, 2.05) is 23.1 Å². The van der Waals surface area contributed by atoms with Crippen molar-refractivity contribution in [3.05, 3.63) is 18.5 Å². The first kappa shape index (κ1) is 16.9. The molecule has 1 aromatic rings. The smallest absolute Gasteiger partial charge is 0.213 e. The van der Waals surface area contributed by atoms with Gasteiger partial charge < -0.3 is 0 Å². The lowest BCUT2D eigenvalue weighted by Crippen LogP contribution is -2.51. The van der Waals surface area contributed by atoms with Gasteiger partial charge in [0.05, 0.1) is 12.3 Å². The van der Waals surface area contributed by atoms with Gasteiger partial charge in [-0.1, -0.05) is 0 Å². The highest BCUT2D eigenvalue weighted by molar-refractivity contribution is 7.89. The standard InChI is InChI=1S/C16H28N4O2S/c1-4-23(21,22)19-9-6-16-14(11-19)10-15(20(16)13(2)3)12-18-8-5-7-17-18/h5,7-8,13-16H,4,6,9-12H2,1-3H3/t14-,15+,16+/m0/s1. The van der Waals surface area contributed by atoms with E-state index in [0.717, 1.165) is 19.4 Å². The van der Waals surface area contributed by atoms with Crippen LogP contribution in [0.3, 0.4) is 0 Å². The lowest BCUT2D eigenvalue weighted by molar-refractivity contribution is 0.0960. The molecule has 7 heteroatoms. The van der Waals surface area contributed by atoms with Crippen LogP contribution in [-0.2, 0) is 16.6 Å². The molecule has 0 saturated carbocycles. The maximum absolute atomic E-state index is 12.2. The van der Waals surface area contributed by atoms with Crippen LogP contribution in [0.2, 0.25) is 0 Å². The molecule has 6 nitrogen and oxygen atoms in total. The Labute approximate surface area is 139 Å². The van der Waals surface area contributed by atoms with Crippen molar-refractivity contribution in [3.8, 4) is 0 Å². The minimum atomic E-state index is -3.07. The average molecular weight is 340 g/mol. The van der Waals surface area contributed by atoms with Gasteiger partial charge >= 0.3 is 0 Å². The highest BCUT2D eigenvalue weighted by Crippen LogP contribution is 2.38. The van der Waals surface area contributed by atoms with E-state index in [1.54, 1.807) is 11.2 Å². The van der Waals surface area contributed by atoms with Gasteiger partial charge in [-0.05, 0) is 45.6 Å². The van der Waals surface area contributed by atoms with Gasteiger partial charge in [0, 0.05) is 43.6 Å². The predicted molar refractivity (Wildman–Crippen MR) is 90.5 cm³/mol. The molecule has 0 radical (unpaired) electrons. The molecule has 0 bridgehead atoms. The summed E-state index contributed by atoms with van der Waals surface area (Å²) in [5, 5.41) is 4.34. The molecule has 0 aromatic carbocycles. The fraction of sp³-hybridized carbons (Fsp3) is 0.812. The second kappa shape index (κ2) is 6.53. The van der Waals surface area contributed by atoms with Crippen LogP contribution in [0.25, 0.3) is 0 Å². The Balaban J connectivity index is 1.76. The maximum atomic E-state index is 12.2. The van der Waals surface area contributed by atoms with E-state index >= 15 is 0 Å². The number of hydrogen-bond acceptors (Lipinski definition) is 4. The number of sulfonamides is 1. The fourth-order valence-electron chi connectivity index (χ4n) is 4.39. The van der Waals surface area contributed by atoms with Crippen LogP contribution in [0.1, 0.15) is 33.6 Å². The maximum Gasteiger partial charge on any atom is 0.213 e. The van der Waals surface area contributed by atoms with Crippen molar-refractivity contribution in [2.45, 2.75) is 58.3 Å². The van der Waals surface area contributed by atoms with E-state index in [4.69, 9.17) is 0 Å². The molecule has 3 atom stereocenters. The topological polar surface area (TPSA) is 58.4 Å². The van der Waals surface area contributed by atoms with E-state index < -0.39 is 10.0 Å². The number of likely N-dealkylation sites (tertiary alicyclic amines) is 1. The number of hydrogen-bond donors (Lipinski definition) is 0. The monoisotopic (exact) mass is 340 g/mol. The zero-order valence-electron chi connectivity index (χ0n) is 14.3. The second-order valence-corrected chi connectivity index (χ2v) is 9.29. The number of nitrogens with zero attached hydrogens (tertiary/aromatic N) is 4. The van der Waals surface area contributed by atoms with Crippen molar-refractivity contribution in [1.29, 1.82) is 0 Å². The third-order valence-electron chi connectivity index (χ3n) is 5.35. The molecule has 23 heavy (non-hydrogen) atoms. The van der Waals surface area contributed by atoms with Crippen LogP contribution in [0.5, 0.6) is 0 Å². The lowest BCUT2D eigenvalue weighted by Gasteiger charge is -2.39.